The van der Waals surface area contributed by atoms with Crippen molar-refractivity contribution in [3.8, 4) is 0 Å². The van der Waals surface area contributed by atoms with Crippen molar-refractivity contribution in [2.45, 2.75) is 62.4 Å². The number of nitrogens with two attached hydrogens (primary N) is 1. The van der Waals surface area contributed by atoms with Gasteiger partial charge < -0.3 is 11.1 Å². The predicted octanol–water partition coefficient (Wildman–Crippen LogP) is 2.92. The van der Waals surface area contributed by atoms with Crippen LogP contribution in [0.15, 0.2) is 23.1 Å². The van der Waals surface area contributed by atoms with Crippen LogP contribution in [-0.4, -0.2) is 25.9 Å². The highest BCUT2D eigenvalue weighted by Crippen LogP contribution is 2.53. The largest absolute Gasteiger partial charge is 0.398 e. The molecule has 6 nitrogen and oxygen atoms in total. The van der Waals surface area contributed by atoms with E-state index >= 15 is 0 Å². The van der Waals surface area contributed by atoms with Crippen molar-refractivity contribution in [3.63, 3.8) is 0 Å². The van der Waals surface area contributed by atoms with Gasteiger partial charge in [-0.25, -0.2) is 8.42 Å². The maximum Gasteiger partial charge on any atom is 0.243 e. The molecule has 0 spiro atoms. The van der Waals surface area contributed by atoms with Crippen molar-refractivity contribution in [2.75, 3.05) is 5.73 Å². The number of halogens is 1. The number of carbonyl (C=O) groups is 1. The van der Waals surface area contributed by atoms with Gasteiger partial charge in [-0.2, -0.15) is 4.72 Å². The number of anilines is 1. The van der Waals surface area contributed by atoms with Crippen molar-refractivity contribution in [1.82, 2.24) is 10.0 Å². The van der Waals surface area contributed by atoms with E-state index in [4.69, 9.17) is 17.3 Å². The van der Waals surface area contributed by atoms with E-state index in [1.165, 1.54) is 50.3 Å². The lowest BCUT2D eigenvalue weighted by Crippen LogP contribution is -2.62. The first-order valence-corrected chi connectivity index (χ1v) is 11.8. The van der Waals surface area contributed by atoms with E-state index < -0.39 is 15.6 Å². The molecule has 28 heavy (non-hydrogen) atoms. The minimum atomic E-state index is -3.97. The van der Waals surface area contributed by atoms with Gasteiger partial charge in [0.2, 0.25) is 15.9 Å². The number of hydrogen-bond acceptors (Lipinski definition) is 4. The number of carbonyl (C=O) groups excluding carboxylic acids is 1. The number of benzene rings is 1. The van der Waals surface area contributed by atoms with Crippen LogP contribution in [0.1, 0.15) is 46.0 Å². The third-order valence-electron chi connectivity index (χ3n) is 6.74. The molecule has 0 saturated heterocycles. The molecule has 4 aliphatic carbocycles. The van der Waals surface area contributed by atoms with Gasteiger partial charge in [-0.3, -0.25) is 4.79 Å². The molecule has 0 heterocycles. The van der Waals surface area contributed by atoms with Crippen LogP contribution in [0.5, 0.6) is 0 Å². The fraction of sp³-hybridized carbons (Fsp3) is 0.650. The number of nitrogen functional groups attached to an aromatic ring is 1. The zero-order valence-electron chi connectivity index (χ0n) is 16.2. The molecule has 0 radical (unpaired) electrons. The Hall–Kier alpha value is -1.31. The second-order valence-electron chi connectivity index (χ2n) is 9.34. The average molecular weight is 426 g/mol. The highest BCUT2D eigenvalue weighted by atomic mass is 35.5. The Bertz CT molecular complexity index is 872. The third-order valence-corrected chi connectivity index (χ3v) is 8.71. The fourth-order valence-corrected chi connectivity index (χ4v) is 7.37. The summed E-state index contributed by atoms with van der Waals surface area (Å²) >= 11 is 5.86. The van der Waals surface area contributed by atoms with Crippen LogP contribution in [0, 0.1) is 23.7 Å². The van der Waals surface area contributed by atoms with E-state index in [2.05, 4.69) is 10.0 Å². The van der Waals surface area contributed by atoms with E-state index in [0.29, 0.717) is 16.9 Å². The first-order chi connectivity index (χ1) is 13.0. The van der Waals surface area contributed by atoms with Gasteiger partial charge in [0.15, 0.2) is 0 Å². The number of sulfonamides is 1. The van der Waals surface area contributed by atoms with E-state index in [1.54, 1.807) is 13.8 Å². The first-order valence-electron chi connectivity index (χ1n) is 9.95. The fourth-order valence-electron chi connectivity index (χ4n) is 5.69. The van der Waals surface area contributed by atoms with Gasteiger partial charge in [0, 0.05) is 11.1 Å². The summed E-state index contributed by atoms with van der Waals surface area (Å²) in [4.78, 5) is 12.9. The Kier molecular flexibility index (Phi) is 4.91. The molecule has 154 valence electrons. The van der Waals surface area contributed by atoms with Crippen LogP contribution in [-0.2, 0) is 14.8 Å². The van der Waals surface area contributed by atoms with Crippen LogP contribution in [0.4, 0.5) is 5.69 Å². The maximum absolute atomic E-state index is 13.0. The lowest BCUT2D eigenvalue weighted by molar-refractivity contribution is -0.129. The van der Waals surface area contributed by atoms with E-state index in [1.807, 2.05) is 0 Å². The molecule has 1 aromatic carbocycles. The van der Waals surface area contributed by atoms with Gasteiger partial charge in [0.1, 0.15) is 10.4 Å². The Labute approximate surface area is 171 Å². The van der Waals surface area contributed by atoms with Gasteiger partial charge in [-0.15, -0.1) is 0 Å². The normalized spacial score (nSPS) is 31.8. The summed E-state index contributed by atoms with van der Waals surface area (Å²) in [5.74, 6) is 2.39. The quantitative estimate of drug-likeness (QED) is 0.631. The van der Waals surface area contributed by atoms with E-state index in [-0.39, 0.29) is 22.5 Å². The van der Waals surface area contributed by atoms with Crippen LogP contribution in [0.3, 0.4) is 0 Å². The number of hydrogen-bond donors (Lipinski definition) is 3. The smallest absolute Gasteiger partial charge is 0.243 e. The molecule has 8 heteroatoms. The first kappa shape index (κ1) is 20.0. The molecule has 4 bridgehead atoms. The molecule has 4 aliphatic rings. The van der Waals surface area contributed by atoms with Crippen molar-refractivity contribution in [1.29, 1.82) is 0 Å². The Morgan fingerprint density at radius 1 is 1.11 bits per heavy atom. The monoisotopic (exact) mass is 425 g/mol. The van der Waals surface area contributed by atoms with Crippen molar-refractivity contribution in [3.05, 3.63) is 23.2 Å². The summed E-state index contributed by atoms with van der Waals surface area (Å²) in [5.41, 5.74) is 4.59. The number of nitrogens with one attached hydrogen (secondary N) is 2. The maximum atomic E-state index is 13.0. The predicted molar refractivity (Wildman–Crippen MR) is 109 cm³/mol. The molecule has 0 aliphatic heterocycles. The summed E-state index contributed by atoms with van der Waals surface area (Å²) in [6, 6.07) is 4.36. The van der Waals surface area contributed by atoms with Gasteiger partial charge in [-0.05, 0) is 87.8 Å². The van der Waals surface area contributed by atoms with E-state index in [9.17, 15) is 13.2 Å². The minimum absolute atomic E-state index is 0.0530. The molecule has 4 saturated carbocycles. The van der Waals surface area contributed by atoms with Crippen LogP contribution in [0.2, 0.25) is 5.02 Å². The zero-order valence-corrected chi connectivity index (χ0v) is 17.8. The number of amides is 1. The Balaban J connectivity index is 1.48. The zero-order chi connectivity index (χ0) is 20.3. The molecule has 0 aromatic heterocycles. The van der Waals surface area contributed by atoms with Gasteiger partial charge in [0.25, 0.3) is 0 Å². The van der Waals surface area contributed by atoms with Gasteiger partial charge in [-0.1, -0.05) is 11.6 Å². The second kappa shape index (κ2) is 6.89. The highest BCUT2D eigenvalue weighted by Gasteiger charge is 2.49. The second-order valence-corrected chi connectivity index (χ2v) is 11.4. The molecule has 0 atom stereocenters. The Morgan fingerprint density at radius 3 is 2.21 bits per heavy atom. The molecule has 1 amide bonds. The molecule has 4 fully saturated rings. The Morgan fingerprint density at radius 2 is 1.68 bits per heavy atom. The van der Waals surface area contributed by atoms with Gasteiger partial charge in [0.05, 0.1) is 5.69 Å². The summed E-state index contributed by atoms with van der Waals surface area (Å²) in [6.07, 6.45) is 6.09. The van der Waals surface area contributed by atoms with Gasteiger partial charge >= 0.3 is 0 Å². The third kappa shape index (κ3) is 3.64. The van der Waals surface area contributed by atoms with Crippen molar-refractivity contribution >= 4 is 33.2 Å². The van der Waals surface area contributed by atoms with Crippen LogP contribution < -0.4 is 15.8 Å². The summed E-state index contributed by atoms with van der Waals surface area (Å²) in [6.45, 7) is 3.17. The summed E-state index contributed by atoms with van der Waals surface area (Å²) in [7, 11) is -3.97. The summed E-state index contributed by atoms with van der Waals surface area (Å²) in [5, 5.41) is 3.54. The summed E-state index contributed by atoms with van der Waals surface area (Å²) < 4.78 is 28.1. The molecular weight excluding hydrogens is 398 g/mol. The van der Waals surface area contributed by atoms with E-state index in [0.717, 1.165) is 11.8 Å². The average Bonchev–Trinajstić information content (AvgIpc) is 2.55. The molecular formula is C20H28ClN3O3S. The highest BCUT2D eigenvalue weighted by molar-refractivity contribution is 7.89. The number of rotatable bonds is 5. The standard InChI is InChI=1S/C20H28ClN3O3S/c1-20(2,24-28(26,27)17-4-3-15(21)10-16(17)22)19(25)23-18-13-6-11-5-12(8-13)9-14(18)7-11/h3-4,10-14,18,24H,5-9,22H2,1-2H3,(H,23,25). The molecule has 1 aromatic rings. The van der Waals surface area contributed by atoms with Crippen LogP contribution in [0.25, 0.3) is 0 Å². The lowest BCUT2D eigenvalue weighted by atomic mass is 9.54. The lowest BCUT2D eigenvalue weighted by Gasteiger charge is -2.54. The van der Waals surface area contributed by atoms with Crippen molar-refractivity contribution < 1.29 is 13.2 Å². The minimum Gasteiger partial charge on any atom is -0.398 e. The van der Waals surface area contributed by atoms with Crippen LogP contribution >= 0.6 is 11.6 Å². The molecule has 5 rings (SSSR count). The molecule has 4 N–H and O–H groups in total. The van der Waals surface area contributed by atoms with Crippen molar-refractivity contribution in [2.24, 2.45) is 23.7 Å². The SMILES string of the molecule is CC(C)(NS(=O)(=O)c1ccc(Cl)cc1N)C(=O)NC1C2CC3CC(C2)CC1C3. The molecule has 0 unspecified atom stereocenters. The topological polar surface area (TPSA) is 101 Å².